The van der Waals surface area contributed by atoms with E-state index in [0.717, 1.165) is 31.2 Å². The summed E-state index contributed by atoms with van der Waals surface area (Å²) in [6.45, 7) is 5.49. The van der Waals surface area contributed by atoms with Gasteiger partial charge in [-0.2, -0.15) is 0 Å². The normalized spacial score (nSPS) is 26.5. The Balaban J connectivity index is 1.16. The summed E-state index contributed by atoms with van der Waals surface area (Å²) in [5.41, 5.74) is 1.88. The van der Waals surface area contributed by atoms with E-state index >= 15 is 4.39 Å². The van der Waals surface area contributed by atoms with Crippen LogP contribution in [0.15, 0.2) is 36.4 Å². The van der Waals surface area contributed by atoms with Gasteiger partial charge in [0.15, 0.2) is 0 Å². The zero-order valence-electron chi connectivity index (χ0n) is 24.6. The number of piperazine rings is 1. The van der Waals surface area contributed by atoms with E-state index in [1.54, 1.807) is 24.3 Å². The molecule has 4 aliphatic rings. The lowest BCUT2D eigenvalue weighted by Crippen LogP contribution is -2.59. The van der Waals surface area contributed by atoms with Crippen molar-refractivity contribution in [2.24, 2.45) is 5.92 Å². The molecule has 1 saturated carbocycles. The fraction of sp³-hybridized carbons (Fsp3) is 0.576. The summed E-state index contributed by atoms with van der Waals surface area (Å²) >= 11 is 6.05. The first-order valence-corrected chi connectivity index (χ1v) is 15.9. The van der Waals surface area contributed by atoms with Gasteiger partial charge in [0.05, 0.1) is 5.92 Å². The lowest BCUT2D eigenvalue weighted by atomic mass is 9.87. The summed E-state index contributed by atoms with van der Waals surface area (Å²) in [5.74, 6) is -2.11. The Morgan fingerprint density at radius 2 is 1.77 bits per heavy atom. The second-order valence-corrected chi connectivity index (χ2v) is 13.2. The van der Waals surface area contributed by atoms with Crippen molar-refractivity contribution in [1.29, 1.82) is 0 Å². The first-order chi connectivity index (χ1) is 20.7. The van der Waals surface area contributed by atoms with Crippen molar-refractivity contribution in [2.45, 2.75) is 69.0 Å². The Morgan fingerprint density at radius 1 is 1.00 bits per heavy atom. The molecule has 232 valence electrons. The SMILES string of the molecule is C[C@H]1CN([C@@H](Cc2ccc(C3CC3)cc2F)C(=O)O)CCN1C(=O)[C@@H]1CN(C2CCOCC2)C[C@H]1c1ccc(Cl)cc1F. The Hall–Kier alpha value is -2.59. The average Bonchev–Trinajstić information content (AvgIpc) is 3.75. The van der Waals surface area contributed by atoms with E-state index in [1.165, 1.54) is 6.07 Å². The standard InChI is InChI=1S/C33H40ClF2N3O4/c1-20-17-37(31(33(41)42)15-23-5-4-22(14-29(23)35)21-2-3-21)10-11-39(20)32(40)28-19-38(25-8-12-43-13-9-25)18-27(28)26-7-6-24(34)16-30(26)36/h4-7,14,16,20-21,25,27-28,31H,2-3,8-13,15,17-19H2,1H3,(H,41,42)/t20-,27-,28+,31-/m0/s1. The Morgan fingerprint density at radius 3 is 2.42 bits per heavy atom. The molecule has 2 aromatic rings. The van der Waals surface area contributed by atoms with Crippen molar-refractivity contribution in [3.63, 3.8) is 0 Å². The quantitative estimate of drug-likeness (QED) is 0.455. The van der Waals surface area contributed by atoms with Gasteiger partial charge in [0, 0.05) is 75.4 Å². The second kappa shape index (κ2) is 12.8. The first-order valence-electron chi connectivity index (χ1n) is 15.5. The van der Waals surface area contributed by atoms with E-state index in [2.05, 4.69) is 4.90 Å². The van der Waals surface area contributed by atoms with Crippen molar-refractivity contribution in [2.75, 3.05) is 45.9 Å². The van der Waals surface area contributed by atoms with Gasteiger partial charge in [0.25, 0.3) is 0 Å². The lowest BCUT2D eigenvalue weighted by Gasteiger charge is -2.43. The molecule has 2 aromatic carbocycles. The summed E-state index contributed by atoms with van der Waals surface area (Å²) in [6.07, 6.45) is 3.97. The summed E-state index contributed by atoms with van der Waals surface area (Å²) in [7, 11) is 0. The van der Waals surface area contributed by atoms with E-state index in [9.17, 15) is 19.1 Å². The van der Waals surface area contributed by atoms with Crippen molar-refractivity contribution < 1.29 is 28.2 Å². The highest BCUT2D eigenvalue weighted by molar-refractivity contribution is 6.30. The molecule has 1 aliphatic carbocycles. The number of carboxylic acid groups (broad SMARTS) is 1. The van der Waals surface area contributed by atoms with Crippen LogP contribution in [0.2, 0.25) is 5.02 Å². The van der Waals surface area contributed by atoms with E-state index in [4.69, 9.17) is 16.3 Å². The summed E-state index contributed by atoms with van der Waals surface area (Å²) in [4.78, 5) is 32.5. The monoisotopic (exact) mass is 615 g/mol. The van der Waals surface area contributed by atoms with Gasteiger partial charge >= 0.3 is 5.97 Å². The number of likely N-dealkylation sites (tertiary alicyclic amines) is 1. The predicted molar refractivity (Wildman–Crippen MR) is 159 cm³/mol. The van der Waals surface area contributed by atoms with Crippen LogP contribution in [0.25, 0.3) is 0 Å². The third kappa shape index (κ3) is 6.60. The maximum absolute atomic E-state index is 15.2. The van der Waals surface area contributed by atoms with Crippen LogP contribution in [0.1, 0.15) is 61.1 Å². The summed E-state index contributed by atoms with van der Waals surface area (Å²) in [6, 6.07) is 9.02. The number of hydrogen-bond donors (Lipinski definition) is 1. The Kier molecular flexibility index (Phi) is 9.06. The molecule has 4 fully saturated rings. The van der Waals surface area contributed by atoms with Gasteiger partial charge in [-0.1, -0.05) is 29.8 Å². The number of hydrogen-bond acceptors (Lipinski definition) is 5. The van der Waals surface area contributed by atoms with Crippen LogP contribution in [-0.4, -0.2) is 95.7 Å². The molecule has 0 aromatic heterocycles. The number of carbonyl (C=O) groups excluding carboxylic acids is 1. The van der Waals surface area contributed by atoms with Gasteiger partial charge in [-0.3, -0.25) is 19.4 Å². The van der Waals surface area contributed by atoms with E-state index in [-0.39, 0.29) is 36.1 Å². The van der Waals surface area contributed by atoms with Crippen LogP contribution < -0.4 is 0 Å². The molecule has 1 amide bonds. The van der Waals surface area contributed by atoms with E-state index in [1.807, 2.05) is 22.8 Å². The minimum Gasteiger partial charge on any atom is -0.480 e. The van der Waals surface area contributed by atoms with Crippen molar-refractivity contribution >= 4 is 23.5 Å². The van der Waals surface area contributed by atoms with Crippen LogP contribution in [0.4, 0.5) is 8.78 Å². The third-order valence-corrected chi connectivity index (χ3v) is 10.2. The minimum absolute atomic E-state index is 0.0327. The number of nitrogens with zero attached hydrogens (tertiary/aromatic N) is 3. The van der Waals surface area contributed by atoms with Crippen LogP contribution in [0.5, 0.6) is 0 Å². The fourth-order valence-electron chi connectivity index (χ4n) is 7.34. The number of carboxylic acids is 1. The largest absolute Gasteiger partial charge is 0.480 e. The molecule has 0 bridgehead atoms. The molecule has 0 radical (unpaired) electrons. The Bertz CT molecular complexity index is 1350. The number of benzene rings is 2. The van der Waals surface area contributed by atoms with Crippen molar-refractivity contribution in [3.05, 3.63) is 69.7 Å². The first kappa shape index (κ1) is 30.4. The average molecular weight is 616 g/mol. The molecule has 3 saturated heterocycles. The predicted octanol–water partition coefficient (Wildman–Crippen LogP) is 4.92. The minimum atomic E-state index is -1.00. The molecule has 0 spiro atoms. The molecule has 1 N–H and O–H groups in total. The van der Waals surface area contributed by atoms with E-state index < -0.39 is 23.7 Å². The maximum Gasteiger partial charge on any atom is 0.321 e. The van der Waals surface area contributed by atoms with Crippen molar-refractivity contribution in [3.8, 4) is 0 Å². The maximum atomic E-state index is 15.2. The number of rotatable bonds is 8. The second-order valence-electron chi connectivity index (χ2n) is 12.7. The molecule has 43 heavy (non-hydrogen) atoms. The molecule has 7 nitrogen and oxygen atoms in total. The molecule has 3 heterocycles. The van der Waals surface area contributed by atoms with Gasteiger partial charge in [0.2, 0.25) is 5.91 Å². The van der Waals surface area contributed by atoms with Gasteiger partial charge in [-0.25, -0.2) is 8.78 Å². The van der Waals surface area contributed by atoms with Crippen LogP contribution in [-0.2, 0) is 20.7 Å². The number of aliphatic carboxylic acids is 1. The van der Waals surface area contributed by atoms with Crippen molar-refractivity contribution in [1.82, 2.24) is 14.7 Å². The molecule has 0 unspecified atom stereocenters. The zero-order chi connectivity index (χ0) is 30.2. The molecule has 6 rings (SSSR count). The number of amides is 1. The molecule has 3 aliphatic heterocycles. The number of ether oxygens (including phenoxy) is 1. The molecular formula is C33H40ClF2N3O4. The third-order valence-electron chi connectivity index (χ3n) is 9.94. The van der Waals surface area contributed by atoms with Gasteiger partial charge in [-0.15, -0.1) is 0 Å². The van der Waals surface area contributed by atoms with E-state index in [0.29, 0.717) is 68.0 Å². The molecule has 4 atom stereocenters. The number of carbonyl (C=O) groups is 2. The highest BCUT2D eigenvalue weighted by atomic mass is 35.5. The summed E-state index contributed by atoms with van der Waals surface area (Å²) in [5, 5.41) is 10.4. The number of halogens is 3. The highest BCUT2D eigenvalue weighted by Crippen LogP contribution is 2.41. The molecular weight excluding hydrogens is 576 g/mol. The van der Waals surface area contributed by atoms with Gasteiger partial charge in [0.1, 0.15) is 17.7 Å². The van der Waals surface area contributed by atoms with Crippen LogP contribution in [0, 0.1) is 17.6 Å². The van der Waals surface area contributed by atoms with Crippen LogP contribution >= 0.6 is 11.6 Å². The van der Waals surface area contributed by atoms with Crippen LogP contribution in [0.3, 0.4) is 0 Å². The zero-order valence-corrected chi connectivity index (χ0v) is 25.3. The smallest absolute Gasteiger partial charge is 0.321 e. The summed E-state index contributed by atoms with van der Waals surface area (Å²) < 4.78 is 35.7. The topological polar surface area (TPSA) is 73.3 Å². The fourth-order valence-corrected chi connectivity index (χ4v) is 7.50. The lowest BCUT2D eigenvalue weighted by molar-refractivity contribution is -0.147. The van der Waals surface area contributed by atoms with Gasteiger partial charge < -0.3 is 14.7 Å². The highest BCUT2D eigenvalue weighted by Gasteiger charge is 2.45. The van der Waals surface area contributed by atoms with Gasteiger partial charge in [-0.05, 0) is 73.4 Å². The molecule has 10 heteroatoms. The Labute approximate surface area is 256 Å².